The van der Waals surface area contributed by atoms with Crippen LogP contribution >= 0.6 is 11.6 Å². The highest BCUT2D eigenvalue weighted by atomic mass is 35.5. The van der Waals surface area contributed by atoms with E-state index in [2.05, 4.69) is 32.2 Å². The number of fused-ring (bicyclic) bond motifs is 1. The summed E-state index contributed by atoms with van der Waals surface area (Å²) < 4.78 is 0. The molecule has 5 nitrogen and oxygen atoms in total. The second kappa shape index (κ2) is 5.82. The quantitative estimate of drug-likeness (QED) is 0.614. The van der Waals surface area contributed by atoms with Crippen LogP contribution in [0.1, 0.15) is 32.6 Å². The fraction of sp³-hybridized carbons (Fsp3) is 0.545. The molecule has 0 aliphatic heterocycles. The molecule has 0 unspecified atom stereocenters. The summed E-state index contributed by atoms with van der Waals surface area (Å²) in [5.41, 5.74) is 1.41. The third-order valence-electron chi connectivity index (χ3n) is 2.58. The number of aromatic amines is 1. The van der Waals surface area contributed by atoms with Crippen molar-refractivity contribution in [3.05, 3.63) is 11.6 Å². The molecule has 0 saturated heterocycles. The zero-order valence-corrected chi connectivity index (χ0v) is 10.6. The minimum Gasteiger partial charge on any atom is -0.368 e. The van der Waals surface area contributed by atoms with Gasteiger partial charge in [-0.15, -0.1) is 0 Å². The summed E-state index contributed by atoms with van der Waals surface area (Å²) in [4.78, 5) is 15.3. The van der Waals surface area contributed by atoms with Gasteiger partial charge in [-0.25, -0.2) is 4.98 Å². The number of imidazole rings is 1. The maximum absolute atomic E-state index is 5.83. The Morgan fingerprint density at radius 3 is 3.00 bits per heavy atom. The van der Waals surface area contributed by atoms with E-state index in [1.54, 1.807) is 6.33 Å². The van der Waals surface area contributed by atoms with E-state index in [0.717, 1.165) is 24.3 Å². The third-order valence-corrected chi connectivity index (χ3v) is 2.75. The average Bonchev–Trinajstić information content (AvgIpc) is 2.76. The van der Waals surface area contributed by atoms with Crippen molar-refractivity contribution in [2.24, 2.45) is 0 Å². The van der Waals surface area contributed by atoms with Crippen molar-refractivity contribution < 1.29 is 0 Å². The summed E-state index contributed by atoms with van der Waals surface area (Å²) >= 11 is 5.83. The molecule has 0 amide bonds. The molecule has 17 heavy (non-hydrogen) atoms. The van der Waals surface area contributed by atoms with Crippen molar-refractivity contribution >= 4 is 28.6 Å². The molecule has 0 radical (unpaired) electrons. The first-order valence-electron chi connectivity index (χ1n) is 5.91. The van der Waals surface area contributed by atoms with Gasteiger partial charge in [0.05, 0.1) is 6.33 Å². The number of anilines is 1. The molecule has 0 fully saturated rings. The zero-order valence-electron chi connectivity index (χ0n) is 9.83. The molecule has 92 valence electrons. The number of halogens is 1. The lowest BCUT2D eigenvalue weighted by molar-refractivity contribution is 0.684. The van der Waals surface area contributed by atoms with Crippen LogP contribution in [0.2, 0.25) is 5.28 Å². The topological polar surface area (TPSA) is 66.5 Å². The van der Waals surface area contributed by atoms with E-state index in [-0.39, 0.29) is 5.28 Å². The molecule has 0 aliphatic carbocycles. The molecule has 6 heteroatoms. The number of aromatic nitrogens is 4. The Hall–Kier alpha value is -1.36. The Bertz CT molecular complexity index is 482. The van der Waals surface area contributed by atoms with E-state index in [1.165, 1.54) is 19.3 Å². The summed E-state index contributed by atoms with van der Waals surface area (Å²) in [5, 5.41) is 3.49. The van der Waals surface area contributed by atoms with Crippen LogP contribution in [0.5, 0.6) is 0 Å². The van der Waals surface area contributed by atoms with Crippen molar-refractivity contribution in [1.82, 2.24) is 19.9 Å². The van der Waals surface area contributed by atoms with E-state index >= 15 is 0 Å². The summed E-state index contributed by atoms with van der Waals surface area (Å²) in [7, 11) is 0. The minimum absolute atomic E-state index is 0.223. The molecule has 2 aromatic heterocycles. The molecule has 0 aromatic carbocycles. The van der Waals surface area contributed by atoms with E-state index in [1.807, 2.05) is 0 Å². The molecule has 0 aliphatic rings. The van der Waals surface area contributed by atoms with E-state index in [4.69, 9.17) is 11.6 Å². The van der Waals surface area contributed by atoms with Gasteiger partial charge in [-0.3, -0.25) is 0 Å². The first kappa shape index (κ1) is 12.1. The lowest BCUT2D eigenvalue weighted by atomic mass is 10.2. The molecular weight excluding hydrogens is 238 g/mol. The van der Waals surface area contributed by atoms with Gasteiger partial charge in [-0.2, -0.15) is 9.97 Å². The van der Waals surface area contributed by atoms with Crippen LogP contribution in [-0.2, 0) is 0 Å². The Labute approximate surface area is 105 Å². The van der Waals surface area contributed by atoms with Crippen LogP contribution in [0.25, 0.3) is 11.2 Å². The summed E-state index contributed by atoms with van der Waals surface area (Å²) in [6.45, 7) is 3.09. The monoisotopic (exact) mass is 253 g/mol. The Kier molecular flexibility index (Phi) is 4.14. The first-order chi connectivity index (χ1) is 8.31. The first-order valence-corrected chi connectivity index (χ1v) is 6.29. The molecule has 2 heterocycles. The van der Waals surface area contributed by atoms with Crippen molar-refractivity contribution in [2.75, 3.05) is 11.9 Å². The minimum atomic E-state index is 0.223. The lowest BCUT2D eigenvalue weighted by Crippen LogP contribution is -2.04. The molecule has 0 saturated carbocycles. The molecule has 2 aromatic rings. The standard InChI is InChI=1S/C11H16ClN5/c1-2-3-4-5-6-13-9-8-10(15-7-14-8)17-11(12)16-9/h7H,2-6H2,1H3,(H2,13,14,15,16,17). The van der Waals surface area contributed by atoms with Gasteiger partial charge in [-0.1, -0.05) is 26.2 Å². The molecular formula is C11H16ClN5. The normalized spacial score (nSPS) is 10.9. The third kappa shape index (κ3) is 3.06. The number of nitrogens with zero attached hydrogens (tertiary/aromatic N) is 3. The maximum atomic E-state index is 5.83. The van der Waals surface area contributed by atoms with Gasteiger partial charge >= 0.3 is 0 Å². The highest BCUT2D eigenvalue weighted by Crippen LogP contribution is 2.18. The number of hydrogen-bond donors (Lipinski definition) is 2. The summed E-state index contributed by atoms with van der Waals surface area (Å²) in [5.74, 6) is 0.731. The number of hydrogen-bond acceptors (Lipinski definition) is 4. The Balaban J connectivity index is 2.00. The van der Waals surface area contributed by atoms with Crippen molar-refractivity contribution in [3.63, 3.8) is 0 Å². The molecule has 0 bridgehead atoms. The average molecular weight is 254 g/mol. The van der Waals surface area contributed by atoms with Gasteiger partial charge in [0.25, 0.3) is 0 Å². The van der Waals surface area contributed by atoms with Gasteiger partial charge in [-0.05, 0) is 18.0 Å². The van der Waals surface area contributed by atoms with Gasteiger partial charge in [0, 0.05) is 6.54 Å². The van der Waals surface area contributed by atoms with Crippen LogP contribution in [0.15, 0.2) is 6.33 Å². The zero-order chi connectivity index (χ0) is 12.1. The van der Waals surface area contributed by atoms with Gasteiger partial charge in [0.15, 0.2) is 11.5 Å². The molecule has 2 N–H and O–H groups in total. The highest BCUT2D eigenvalue weighted by molar-refractivity contribution is 6.28. The van der Waals surface area contributed by atoms with E-state index < -0.39 is 0 Å². The number of rotatable bonds is 6. The van der Waals surface area contributed by atoms with Crippen molar-refractivity contribution in [2.45, 2.75) is 32.6 Å². The number of H-pyrrole nitrogens is 1. The van der Waals surface area contributed by atoms with Crippen LogP contribution in [-0.4, -0.2) is 26.5 Å². The lowest BCUT2D eigenvalue weighted by Gasteiger charge is -2.06. The van der Waals surface area contributed by atoms with Crippen molar-refractivity contribution in [3.8, 4) is 0 Å². The fourth-order valence-corrected chi connectivity index (χ4v) is 1.86. The Morgan fingerprint density at radius 1 is 1.29 bits per heavy atom. The van der Waals surface area contributed by atoms with Gasteiger partial charge in [0.1, 0.15) is 5.52 Å². The number of nitrogens with one attached hydrogen (secondary N) is 2. The summed E-state index contributed by atoms with van der Waals surface area (Å²) in [6, 6.07) is 0. The largest absolute Gasteiger partial charge is 0.368 e. The van der Waals surface area contributed by atoms with Crippen LogP contribution in [0, 0.1) is 0 Å². The predicted molar refractivity (Wildman–Crippen MR) is 69.3 cm³/mol. The fourth-order valence-electron chi connectivity index (χ4n) is 1.69. The molecule has 0 atom stereocenters. The number of unbranched alkanes of at least 4 members (excludes halogenated alkanes) is 3. The van der Waals surface area contributed by atoms with Gasteiger partial charge < -0.3 is 10.3 Å². The van der Waals surface area contributed by atoms with Gasteiger partial charge in [0.2, 0.25) is 5.28 Å². The maximum Gasteiger partial charge on any atom is 0.226 e. The second-order valence-corrected chi connectivity index (χ2v) is 4.27. The molecule has 0 spiro atoms. The van der Waals surface area contributed by atoms with Crippen LogP contribution in [0.4, 0.5) is 5.82 Å². The second-order valence-electron chi connectivity index (χ2n) is 3.93. The predicted octanol–water partition coefficient (Wildman–Crippen LogP) is 3.00. The van der Waals surface area contributed by atoms with Crippen molar-refractivity contribution in [1.29, 1.82) is 0 Å². The van der Waals surface area contributed by atoms with E-state index in [0.29, 0.717) is 5.65 Å². The van der Waals surface area contributed by atoms with E-state index in [9.17, 15) is 0 Å². The highest BCUT2D eigenvalue weighted by Gasteiger charge is 2.07. The summed E-state index contributed by atoms with van der Waals surface area (Å²) in [6.07, 6.45) is 6.47. The van der Waals surface area contributed by atoms with Crippen LogP contribution in [0.3, 0.4) is 0 Å². The smallest absolute Gasteiger partial charge is 0.226 e. The molecule has 2 rings (SSSR count). The Morgan fingerprint density at radius 2 is 2.18 bits per heavy atom. The van der Waals surface area contributed by atoms with Crippen LogP contribution < -0.4 is 5.32 Å². The SMILES string of the molecule is CCCCCCNc1nc(Cl)nc2nc[nH]c12.